The van der Waals surface area contributed by atoms with E-state index in [2.05, 4.69) is 10.3 Å². The molecule has 1 N–H and O–H groups in total. The molecule has 1 fully saturated rings. The maximum absolute atomic E-state index is 12.8. The molecule has 2 aromatic carbocycles. The summed E-state index contributed by atoms with van der Waals surface area (Å²) in [6, 6.07) is 14.8. The lowest BCUT2D eigenvalue weighted by Gasteiger charge is -2.23. The molecule has 0 radical (unpaired) electrons. The summed E-state index contributed by atoms with van der Waals surface area (Å²) >= 11 is 1.56. The Morgan fingerprint density at radius 1 is 1.20 bits per heavy atom. The predicted molar refractivity (Wildman–Crippen MR) is 120 cm³/mol. The monoisotopic (exact) mass is 421 g/mol. The molecule has 3 aromatic rings. The number of nitrogens with one attached hydrogen (secondary N) is 1. The number of hydrogen-bond acceptors (Lipinski definition) is 5. The fraction of sp³-hybridized carbons (Fsp3) is 0.261. The highest BCUT2D eigenvalue weighted by molar-refractivity contribution is 7.99. The summed E-state index contributed by atoms with van der Waals surface area (Å²) in [6.45, 7) is 3.84. The van der Waals surface area contributed by atoms with Gasteiger partial charge in [0.2, 0.25) is 5.91 Å². The van der Waals surface area contributed by atoms with Crippen molar-refractivity contribution in [3.05, 3.63) is 65.9 Å². The summed E-state index contributed by atoms with van der Waals surface area (Å²) in [5.74, 6) is 1.21. The Morgan fingerprint density at radius 2 is 2.03 bits per heavy atom. The fourth-order valence-corrected chi connectivity index (χ4v) is 4.67. The van der Waals surface area contributed by atoms with Gasteiger partial charge in [-0.15, -0.1) is 11.8 Å². The van der Waals surface area contributed by atoms with E-state index < -0.39 is 6.04 Å². The number of para-hydroxylation sites is 1. The van der Waals surface area contributed by atoms with Crippen molar-refractivity contribution >= 4 is 40.2 Å². The number of benzene rings is 2. The molecular weight excluding hydrogens is 398 g/mol. The minimum absolute atomic E-state index is 0.135. The molecular formula is C23H23N3O3S. The lowest BCUT2D eigenvalue weighted by molar-refractivity contribution is -0.137. The maximum Gasteiger partial charge on any atom is 0.261 e. The highest BCUT2D eigenvalue weighted by Gasteiger charge is 2.35. The molecule has 0 saturated carbocycles. The summed E-state index contributed by atoms with van der Waals surface area (Å²) in [5.41, 5.74) is 3.62. The lowest BCUT2D eigenvalue weighted by atomic mass is 10.1. The molecule has 6 nitrogen and oxygen atoms in total. The third kappa shape index (κ3) is 4.26. The van der Waals surface area contributed by atoms with Crippen LogP contribution in [0.1, 0.15) is 11.1 Å². The Hall–Kier alpha value is -3.06. The first-order chi connectivity index (χ1) is 14.5. The van der Waals surface area contributed by atoms with Crippen LogP contribution < -0.4 is 10.1 Å². The molecule has 4 rings (SSSR count). The quantitative estimate of drug-likeness (QED) is 0.679. The molecule has 1 aromatic heterocycles. The SMILES string of the molecule is Cc1ccc(NC(=O)C2CSCN2C(=O)COc2cccc3cccnc23)c(C)c1. The minimum atomic E-state index is -0.516. The van der Waals surface area contributed by atoms with Crippen LogP contribution in [0.4, 0.5) is 5.69 Å². The Balaban J connectivity index is 1.42. The van der Waals surface area contributed by atoms with Crippen molar-refractivity contribution in [2.75, 3.05) is 23.6 Å². The maximum atomic E-state index is 12.8. The van der Waals surface area contributed by atoms with Gasteiger partial charge in [0.05, 0.1) is 5.88 Å². The number of aryl methyl sites for hydroxylation is 2. The first-order valence-corrected chi connectivity index (χ1v) is 10.9. The van der Waals surface area contributed by atoms with E-state index in [0.29, 0.717) is 22.9 Å². The van der Waals surface area contributed by atoms with E-state index in [1.165, 1.54) is 0 Å². The molecule has 0 bridgehead atoms. The number of ether oxygens (including phenoxy) is 1. The van der Waals surface area contributed by atoms with Crippen LogP contribution in [0.2, 0.25) is 0 Å². The van der Waals surface area contributed by atoms with E-state index in [1.54, 1.807) is 28.9 Å². The Labute approximate surface area is 179 Å². The second-order valence-corrected chi connectivity index (χ2v) is 8.31. The van der Waals surface area contributed by atoms with Gasteiger partial charge in [0.15, 0.2) is 6.61 Å². The summed E-state index contributed by atoms with van der Waals surface area (Å²) in [4.78, 5) is 31.6. The van der Waals surface area contributed by atoms with Crippen LogP contribution >= 0.6 is 11.8 Å². The molecule has 1 aliphatic heterocycles. The van der Waals surface area contributed by atoms with Gasteiger partial charge in [-0.25, -0.2) is 0 Å². The van der Waals surface area contributed by atoms with Crippen molar-refractivity contribution in [1.82, 2.24) is 9.88 Å². The highest BCUT2D eigenvalue weighted by Crippen LogP contribution is 2.26. The van der Waals surface area contributed by atoms with Gasteiger partial charge < -0.3 is 15.0 Å². The van der Waals surface area contributed by atoms with Crippen molar-refractivity contribution in [1.29, 1.82) is 0 Å². The van der Waals surface area contributed by atoms with Gasteiger partial charge in [0.1, 0.15) is 17.3 Å². The number of anilines is 1. The molecule has 7 heteroatoms. The largest absolute Gasteiger partial charge is 0.481 e. The van der Waals surface area contributed by atoms with Crippen LogP contribution in [0, 0.1) is 13.8 Å². The van der Waals surface area contributed by atoms with Crippen LogP contribution in [0.3, 0.4) is 0 Å². The van der Waals surface area contributed by atoms with Crippen molar-refractivity contribution in [2.45, 2.75) is 19.9 Å². The van der Waals surface area contributed by atoms with Crippen LogP contribution in [-0.2, 0) is 9.59 Å². The van der Waals surface area contributed by atoms with E-state index in [-0.39, 0.29) is 18.4 Å². The van der Waals surface area contributed by atoms with Gasteiger partial charge >= 0.3 is 0 Å². The number of carbonyl (C=O) groups is 2. The molecule has 2 amide bonds. The zero-order chi connectivity index (χ0) is 21.1. The lowest BCUT2D eigenvalue weighted by Crippen LogP contribution is -2.46. The van der Waals surface area contributed by atoms with Crippen molar-refractivity contribution < 1.29 is 14.3 Å². The molecule has 1 unspecified atom stereocenters. The third-order valence-electron chi connectivity index (χ3n) is 5.09. The molecule has 0 spiro atoms. The molecule has 2 heterocycles. The predicted octanol–water partition coefficient (Wildman–Crippen LogP) is 3.77. The van der Waals surface area contributed by atoms with Gasteiger partial charge in [-0.3, -0.25) is 14.6 Å². The molecule has 154 valence electrons. The van der Waals surface area contributed by atoms with Crippen molar-refractivity contribution in [2.24, 2.45) is 0 Å². The topological polar surface area (TPSA) is 71.5 Å². The number of amides is 2. The van der Waals surface area contributed by atoms with E-state index in [9.17, 15) is 9.59 Å². The first kappa shape index (κ1) is 20.2. The number of thioether (sulfide) groups is 1. The average Bonchev–Trinajstić information content (AvgIpc) is 3.24. The molecule has 1 atom stereocenters. The first-order valence-electron chi connectivity index (χ1n) is 9.75. The number of hydrogen-bond donors (Lipinski definition) is 1. The van der Waals surface area contributed by atoms with E-state index in [1.807, 2.05) is 56.3 Å². The summed E-state index contributed by atoms with van der Waals surface area (Å²) in [5, 5.41) is 3.91. The highest BCUT2D eigenvalue weighted by atomic mass is 32.2. The zero-order valence-corrected chi connectivity index (χ0v) is 17.7. The normalized spacial score (nSPS) is 15.9. The van der Waals surface area contributed by atoms with E-state index in [0.717, 1.165) is 22.2 Å². The van der Waals surface area contributed by atoms with Crippen molar-refractivity contribution in [3.8, 4) is 5.75 Å². The number of fused-ring (bicyclic) bond motifs is 1. The summed E-state index contributed by atoms with van der Waals surface area (Å²) in [7, 11) is 0. The van der Waals surface area contributed by atoms with Crippen LogP contribution in [0.25, 0.3) is 10.9 Å². The zero-order valence-electron chi connectivity index (χ0n) is 16.9. The Morgan fingerprint density at radius 3 is 2.87 bits per heavy atom. The Kier molecular flexibility index (Phi) is 5.90. The standard InChI is InChI=1S/C23H23N3O3S/c1-15-8-9-18(16(2)11-15)25-23(28)19-13-30-14-26(19)21(27)12-29-20-7-3-5-17-6-4-10-24-22(17)20/h3-11,19H,12-14H2,1-2H3,(H,25,28). The van der Waals surface area contributed by atoms with Gasteiger partial charge in [-0.05, 0) is 37.6 Å². The number of aromatic nitrogens is 1. The van der Waals surface area contributed by atoms with Crippen LogP contribution in [0.5, 0.6) is 5.75 Å². The molecule has 1 saturated heterocycles. The van der Waals surface area contributed by atoms with Gasteiger partial charge in [0.25, 0.3) is 5.91 Å². The number of carbonyl (C=O) groups excluding carboxylic acids is 2. The summed E-state index contributed by atoms with van der Waals surface area (Å²) < 4.78 is 5.78. The average molecular weight is 422 g/mol. The molecule has 0 aliphatic carbocycles. The molecule has 1 aliphatic rings. The van der Waals surface area contributed by atoms with Crippen LogP contribution in [-0.4, -0.2) is 46.0 Å². The van der Waals surface area contributed by atoms with E-state index >= 15 is 0 Å². The smallest absolute Gasteiger partial charge is 0.261 e. The minimum Gasteiger partial charge on any atom is -0.481 e. The molecule has 30 heavy (non-hydrogen) atoms. The second-order valence-electron chi connectivity index (χ2n) is 7.31. The van der Waals surface area contributed by atoms with Gasteiger partial charge in [-0.1, -0.05) is 35.9 Å². The number of nitrogens with zero attached hydrogens (tertiary/aromatic N) is 2. The van der Waals surface area contributed by atoms with Crippen LogP contribution in [0.15, 0.2) is 54.7 Å². The van der Waals surface area contributed by atoms with Crippen molar-refractivity contribution in [3.63, 3.8) is 0 Å². The summed E-state index contributed by atoms with van der Waals surface area (Å²) in [6.07, 6.45) is 1.70. The Bertz CT molecular complexity index is 1100. The van der Waals surface area contributed by atoms with Gasteiger partial charge in [-0.2, -0.15) is 0 Å². The van der Waals surface area contributed by atoms with E-state index in [4.69, 9.17) is 4.74 Å². The van der Waals surface area contributed by atoms with Gasteiger partial charge in [0, 0.05) is 23.0 Å². The number of pyridine rings is 1. The fourth-order valence-electron chi connectivity index (χ4n) is 3.49. The number of rotatable bonds is 5. The third-order valence-corrected chi connectivity index (χ3v) is 6.10. The second kappa shape index (κ2) is 8.75.